The summed E-state index contributed by atoms with van der Waals surface area (Å²) < 4.78 is 102. The van der Waals surface area contributed by atoms with Gasteiger partial charge in [-0.05, 0) is 63.1 Å². The van der Waals surface area contributed by atoms with Gasteiger partial charge in [0.05, 0.1) is 94.0 Å². The van der Waals surface area contributed by atoms with E-state index < -0.39 is 54.0 Å². The summed E-state index contributed by atoms with van der Waals surface area (Å²) in [5.41, 5.74) is 0.210. The molecule has 9 heterocycles. The van der Waals surface area contributed by atoms with Crippen LogP contribution < -0.4 is 39.7 Å². The van der Waals surface area contributed by atoms with Gasteiger partial charge in [-0.15, -0.1) is 0 Å². The number of amides is 4. The van der Waals surface area contributed by atoms with Crippen LogP contribution in [0.2, 0.25) is 10.0 Å². The van der Waals surface area contributed by atoms with Crippen molar-refractivity contribution in [1.82, 2.24) is 29.9 Å². The maximum absolute atomic E-state index is 13.5. The van der Waals surface area contributed by atoms with E-state index in [0.717, 1.165) is 24.3 Å². The summed E-state index contributed by atoms with van der Waals surface area (Å²) in [6.07, 6.45) is -3.52. The highest BCUT2D eigenvalue weighted by molar-refractivity contribution is 6.34. The summed E-state index contributed by atoms with van der Waals surface area (Å²) in [6, 6.07) is 11.2. The largest absolute Gasteiger partial charge is 0.488 e. The van der Waals surface area contributed by atoms with E-state index in [4.69, 9.17) is 47.3 Å². The van der Waals surface area contributed by atoms with Crippen LogP contribution in [-0.4, -0.2) is 135 Å². The Labute approximate surface area is 456 Å². The minimum Gasteiger partial charge on any atom is -0.488 e. The van der Waals surface area contributed by atoms with E-state index >= 15 is 0 Å². The highest BCUT2D eigenvalue weighted by Gasteiger charge is 2.43. The van der Waals surface area contributed by atoms with Gasteiger partial charge in [-0.1, -0.05) is 47.5 Å². The predicted molar refractivity (Wildman–Crippen MR) is 277 cm³/mol. The zero-order chi connectivity index (χ0) is 56.0. The third-order valence-electron chi connectivity index (χ3n) is 13.3. The fourth-order valence-corrected chi connectivity index (χ4v) is 10.1. The Balaban J connectivity index is 0.000000179. The van der Waals surface area contributed by atoms with Crippen molar-refractivity contribution >= 4 is 70.2 Å². The molecule has 4 aromatic heterocycles. The van der Waals surface area contributed by atoms with Crippen molar-refractivity contribution in [3.63, 3.8) is 0 Å². The number of aliphatic hydroxyl groups excluding tert-OH is 2. The SMILES string of the molecule is CC1(C)OC[C@H](COc2cnc(NC(=O)N3c4nc(-c5cccc(C(F)(F)F)c5)c(Cl)cc4N4CC[C@H]3C4)nc2)O1.O=C(Nc1ncc(OC[C@H](O)CO)cn1)N1c2nc(-c3cccc(C(F)(F)F)c3)c(Cl)cc2N2CC[C@H]1C2. The Hall–Kier alpha value is -7.36. The van der Waals surface area contributed by atoms with Crippen LogP contribution in [0.15, 0.2) is 85.5 Å². The molecular formula is C51H48Cl2F6N12O8. The Morgan fingerprint density at radius 1 is 0.734 bits per heavy atom. The molecule has 0 aliphatic carbocycles. The second-order valence-electron chi connectivity index (χ2n) is 19.3. The molecule has 28 heteroatoms. The Bertz CT molecular complexity index is 3240. The fraction of sp³-hybridized carbons (Fsp3) is 0.373. The summed E-state index contributed by atoms with van der Waals surface area (Å²) in [4.78, 5) is 59.6. The number of ether oxygens (including phenoxy) is 4. The van der Waals surface area contributed by atoms with Gasteiger partial charge in [-0.2, -0.15) is 26.3 Å². The lowest BCUT2D eigenvalue weighted by Crippen LogP contribution is -2.48. The molecule has 11 rings (SSSR count). The molecule has 79 heavy (non-hydrogen) atoms. The van der Waals surface area contributed by atoms with Crippen molar-refractivity contribution in [1.29, 1.82) is 0 Å². The third kappa shape index (κ3) is 12.1. The molecule has 5 aliphatic heterocycles. The summed E-state index contributed by atoms with van der Waals surface area (Å²) >= 11 is 13.0. The number of benzene rings is 2. The van der Waals surface area contributed by atoms with Gasteiger partial charge >= 0.3 is 24.4 Å². The Kier molecular flexibility index (Phi) is 15.3. The predicted octanol–water partition coefficient (Wildman–Crippen LogP) is 8.95. The molecular weight excluding hydrogens is 1090 g/mol. The van der Waals surface area contributed by atoms with Crippen LogP contribution in [0.1, 0.15) is 37.8 Å². The average molecular weight is 1140 g/mol. The molecule has 4 atom stereocenters. The smallest absolute Gasteiger partial charge is 0.416 e. The van der Waals surface area contributed by atoms with Gasteiger partial charge < -0.3 is 39.0 Å². The van der Waals surface area contributed by atoms with E-state index in [-0.39, 0.29) is 87.4 Å². The molecule has 2 aromatic carbocycles. The van der Waals surface area contributed by atoms with Crippen LogP contribution in [0.4, 0.5) is 70.8 Å². The minimum absolute atomic E-state index is 0.0147. The van der Waals surface area contributed by atoms with Crippen molar-refractivity contribution in [2.45, 2.75) is 69.1 Å². The van der Waals surface area contributed by atoms with Crippen molar-refractivity contribution in [3.05, 3.63) is 107 Å². The molecule has 4 N–H and O–H groups in total. The van der Waals surface area contributed by atoms with E-state index in [9.17, 15) is 41.0 Å². The molecule has 4 amide bonds. The van der Waals surface area contributed by atoms with Crippen molar-refractivity contribution < 1.29 is 65.1 Å². The quantitative estimate of drug-likeness (QED) is 0.0888. The first kappa shape index (κ1) is 55.0. The molecule has 5 aliphatic rings. The number of rotatable bonds is 11. The highest BCUT2D eigenvalue weighted by atomic mass is 35.5. The van der Waals surface area contributed by atoms with Gasteiger partial charge in [-0.25, -0.2) is 39.5 Å². The summed E-state index contributed by atoms with van der Waals surface area (Å²) in [7, 11) is 0. The van der Waals surface area contributed by atoms with Crippen molar-refractivity contribution in [3.8, 4) is 34.0 Å². The number of urea groups is 2. The number of hydrogen-bond donors (Lipinski definition) is 4. The first-order chi connectivity index (χ1) is 37.6. The zero-order valence-electron chi connectivity index (χ0n) is 41.8. The van der Waals surface area contributed by atoms with E-state index in [1.807, 2.05) is 18.7 Å². The molecule has 0 radical (unpaired) electrons. The van der Waals surface area contributed by atoms with E-state index in [2.05, 4.69) is 45.4 Å². The van der Waals surface area contributed by atoms with Gasteiger partial charge in [0.15, 0.2) is 28.9 Å². The number of nitrogens with one attached hydrogen (secondary N) is 2. The monoisotopic (exact) mass is 1140 g/mol. The molecule has 20 nitrogen and oxygen atoms in total. The molecule has 4 bridgehead atoms. The molecule has 6 aromatic rings. The standard InChI is InChI=1S/C27H26ClF3N6O4.C24H22ClF3N6O4/c1-26(2)40-14-19(41-26)13-39-18-10-32-24(33-11-18)35-25(38)37-17-6-7-36(12-17)21-9-20(28)22(34-23(21)37)15-4-3-5-16(8-15)27(29,30)31;25-18-7-19-21(31-20(18)13-2-1-3-14(6-13)24(26,27)28)34(15-4-5-33(19)10-15)23(37)32-22-29-8-17(9-30-22)38-12-16(36)11-35/h3-5,8-11,17,19H,6-7,12-14H2,1-2H3,(H,32,33,35,38);1-3,6-9,15-16,35-36H,4-5,10-12H2,(H,29,30,32,37)/t17-,19-;15-,16+/m00/s1. The maximum Gasteiger partial charge on any atom is 0.416 e. The fourth-order valence-electron chi connectivity index (χ4n) is 9.56. The lowest BCUT2D eigenvalue weighted by molar-refractivity contribution is -0.141. The van der Waals surface area contributed by atoms with Gasteiger partial charge in [0, 0.05) is 37.3 Å². The van der Waals surface area contributed by atoms with Crippen LogP contribution in [0.3, 0.4) is 0 Å². The topological polar surface area (TPSA) is 226 Å². The maximum atomic E-state index is 13.5. The second kappa shape index (κ2) is 22.1. The number of alkyl halides is 6. The van der Waals surface area contributed by atoms with Gasteiger partial charge in [0.2, 0.25) is 11.9 Å². The summed E-state index contributed by atoms with van der Waals surface area (Å²) in [6.45, 7) is 6.15. The molecule has 0 saturated carbocycles. The van der Waals surface area contributed by atoms with Crippen LogP contribution in [0, 0.1) is 0 Å². The van der Waals surface area contributed by atoms with Gasteiger partial charge in [0.1, 0.15) is 25.4 Å². The number of nitrogens with zero attached hydrogens (tertiary/aromatic N) is 10. The number of fused-ring (bicyclic) bond motifs is 8. The number of aromatic nitrogens is 6. The van der Waals surface area contributed by atoms with Crippen molar-refractivity contribution in [2.75, 3.05) is 82.8 Å². The number of pyridine rings is 2. The first-order valence-electron chi connectivity index (χ1n) is 24.6. The number of aliphatic hydroxyl groups is 2. The number of hydrogen-bond acceptors (Lipinski definition) is 16. The lowest BCUT2D eigenvalue weighted by atomic mass is 10.1. The van der Waals surface area contributed by atoms with E-state index in [1.54, 1.807) is 12.1 Å². The average Bonchev–Trinajstić information content (AvgIpc) is 4.31. The lowest BCUT2D eigenvalue weighted by Gasteiger charge is -2.36. The molecule has 3 saturated heterocycles. The van der Waals surface area contributed by atoms with E-state index in [1.165, 1.54) is 58.9 Å². The van der Waals surface area contributed by atoms with Gasteiger partial charge in [-0.3, -0.25) is 20.4 Å². The third-order valence-corrected chi connectivity index (χ3v) is 13.9. The molecule has 3 fully saturated rings. The second-order valence-corrected chi connectivity index (χ2v) is 20.1. The molecule has 0 unspecified atom stereocenters. The zero-order valence-corrected chi connectivity index (χ0v) is 43.3. The van der Waals surface area contributed by atoms with Crippen molar-refractivity contribution in [2.24, 2.45) is 0 Å². The summed E-state index contributed by atoms with van der Waals surface area (Å²) in [5.74, 6) is 0.578. The Morgan fingerprint density at radius 3 is 1.61 bits per heavy atom. The van der Waals surface area contributed by atoms with Crippen LogP contribution in [0.25, 0.3) is 22.5 Å². The van der Waals surface area contributed by atoms with Crippen LogP contribution in [0.5, 0.6) is 11.5 Å². The first-order valence-corrected chi connectivity index (χ1v) is 25.3. The van der Waals surface area contributed by atoms with Gasteiger partial charge in [0.25, 0.3) is 0 Å². The number of halogens is 8. The normalized spacial score (nSPS) is 19.3. The number of anilines is 6. The summed E-state index contributed by atoms with van der Waals surface area (Å²) in [5, 5.41) is 23.9. The highest BCUT2D eigenvalue weighted by Crippen LogP contribution is 2.46. The van der Waals surface area contributed by atoms with Crippen LogP contribution >= 0.6 is 23.2 Å². The van der Waals surface area contributed by atoms with E-state index in [0.29, 0.717) is 68.6 Å². The van der Waals surface area contributed by atoms with Crippen LogP contribution in [-0.2, 0) is 21.8 Å². The number of carbonyl (C=O) groups is 2. The Morgan fingerprint density at radius 2 is 1.19 bits per heavy atom. The minimum atomic E-state index is -4.54. The molecule has 416 valence electrons. The molecule has 0 spiro atoms. The number of carbonyl (C=O) groups excluding carboxylic acids is 2.